The van der Waals surface area contributed by atoms with Crippen LogP contribution in [0, 0.1) is 17.6 Å². The molecule has 6 rings (SSSR count). The number of piperidine rings is 1. The minimum absolute atomic E-state index is 0.291. The molecule has 39 heavy (non-hydrogen) atoms. The molecule has 3 aromatic rings. The second-order valence-corrected chi connectivity index (χ2v) is 11.0. The van der Waals surface area contributed by atoms with Crippen LogP contribution in [-0.4, -0.2) is 84.5 Å². The Balaban J connectivity index is 0.976. The van der Waals surface area contributed by atoms with Crippen LogP contribution in [0.5, 0.6) is 5.75 Å². The van der Waals surface area contributed by atoms with Crippen molar-refractivity contribution >= 4 is 28.6 Å². The van der Waals surface area contributed by atoms with E-state index in [1.54, 1.807) is 12.4 Å². The van der Waals surface area contributed by atoms with Gasteiger partial charge in [-0.1, -0.05) is 0 Å². The van der Waals surface area contributed by atoms with Crippen molar-refractivity contribution in [2.75, 3.05) is 73.8 Å². The van der Waals surface area contributed by atoms with E-state index >= 15 is 0 Å². The summed E-state index contributed by atoms with van der Waals surface area (Å²) in [5, 5.41) is 0.976. The smallest absolute Gasteiger partial charge is 0.239 e. The molecule has 0 radical (unpaired) electrons. The van der Waals surface area contributed by atoms with Crippen molar-refractivity contribution in [3.63, 3.8) is 0 Å². The van der Waals surface area contributed by atoms with E-state index < -0.39 is 11.6 Å². The Morgan fingerprint density at radius 3 is 2.51 bits per heavy atom. The monoisotopic (exact) mass is 558 g/mol. The molecule has 3 saturated heterocycles. The van der Waals surface area contributed by atoms with Crippen LogP contribution in [0.25, 0.3) is 0 Å². The van der Waals surface area contributed by atoms with Crippen LogP contribution in [0.1, 0.15) is 24.3 Å². The van der Waals surface area contributed by atoms with Gasteiger partial charge in [0.15, 0.2) is 5.75 Å². The fourth-order valence-corrected chi connectivity index (χ4v) is 6.14. The fraction of sp³-hybridized carbons (Fsp3) is 0.538. The first kappa shape index (κ1) is 26.1. The maximum Gasteiger partial charge on any atom is 0.239 e. The third-order valence-electron chi connectivity index (χ3n) is 7.69. The van der Waals surface area contributed by atoms with Gasteiger partial charge in [-0.05, 0) is 42.5 Å². The molecule has 2 N–H and O–H groups in total. The van der Waals surface area contributed by atoms with E-state index in [-0.39, 0.29) is 12.0 Å². The number of hydrogen-bond acceptors (Lipinski definition) is 11. The highest BCUT2D eigenvalue weighted by Crippen LogP contribution is 2.31. The van der Waals surface area contributed by atoms with Gasteiger partial charge in [0.1, 0.15) is 11.6 Å². The summed E-state index contributed by atoms with van der Waals surface area (Å²) in [6, 6.07) is 3.13. The maximum atomic E-state index is 14.3. The predicted molar refractivity (Wildman–Crippen MR) is 145 cm³/mol. The normalized spacial score (nSPS) is 22.5. The lowest BCUT2D eigenvalue weighted by Crippen LogP contribution is -2.37. The van der Waals surface area contributed by atoms with Crippen molar-refractivity contribution in [3.8, 4) is 5.75 Å². The Morgan fingerprint density at radius 1 is 0.974 bits per heavy atom. The molecule has 10 nitrogen and oxygen atoms in total. The molecule has 0 saturated carbocycles. The van der Waals surface area contributed by atoms with E-state index in [2.05, 4.69) is 24.1 Å². The second kappa shape index (κ2) is 11.5. The Morgan fingerprint density at radius 2 is 1.74 bits per heavy atom. The highest BCUT2D eigenvalue weighted by Gasteiger charge is 2.34. The van der Waals surface area contributed by atoms with Crippen molar-refractivity contribution < 1.29 is 18.3 Å². The molecule has 208 valence electrons. The molecule has 3 fully saturated rings. The maximum absolute atomic E-state index is 14.3. The molecular formula is C26H32F2N8O2S. The van der Waals surface area contributed by atoms with E-state index in [0.717, 1.165) is 75.4 Å². The van der Waals surface area contributed by atoms with Gasteiger partial charge < -0.3 is 29.9 Å². The van der Waals surface area contributed by atoms with Crippen molar-refractivity contribution in [2.45, 2.75) is 24.8 Å². The number of aromatic nitrogens is 4. The van der Waals surface area contributed by atoms with Crippen molar-refractivity contribution in [1.82, 2.24) is 19.3 Å². The molecule has 1 aromatic carbocycles. The Hall–Kier alpha value is -3.16. The first-order valence-electron chi connectivity index (χ1n) is 13.3. The zero-order valence-corrected chi connectivity index (χ0v) is 22.4. The molecule has 0 spiro atoms. The molecule has 3 aliphatic rings. The van der Waals surface area contributed by atoms with E-state index in [1.165, 1.54) is 17.6 Å². The van der Waals surface area contributed by atoms with Crippen LogP contribution in [0.4, 0.5) is 25.8 Å². The van der Waals surface area contributed by atoms with Crippen molar-refractivity contribution in [3.05, 3.63) is 47.8 Å². The first-order chi connectivity index (χ1) is 19.0. The minimum atomic E-state index is -0.474. The van der Waals surface area contributed by atoms with E-state index in [9.17, 15) is 8.78 Å². The average molecular weight is 559 g/mol. The Bertz CT molecular complexity index is 1250. The summed E-state index contributed by atoms with van der Waals surface area (Å²) in [7, 11) is 0. The summed E-state index contributed by atoms with van der Waals surface area (Å²) in [6.07, 6.45) is 5.34. The lowest BCUT2D eigenvalue weighted by molar-refractivity contribution is 0.122. The van der Waals surface area contributed by atoms with Crippen LogP contribution in [0.2, 0.25) is 0 Å². The van der Waals surface area contributed by atoms with Gasteiger partial charge in [0.2, 0.25) is 17.0 Å². The number of rotatable bonds is 7. The van der Waals surface area contributed by atoms with Gasteiger partial charge in [-0.15, -0.1) is 0 Å². The number of anilines is 3. The van der Waals surface area contributed by atoms with Crippen molar-refractivity contribution in [2.24, 2.45) is 11.7 Å². The predicted octanol–water partition coefficient (Wildman–Crippen LogP) is 2.67. The Kier molecular flexibility index (Phi) is 7.71. The summed E-state index contributed by atoms with van der Waals surface area (Å²) in [4.78, 5) is 20.0. The molecule has 2 atom stereocenters. The minimum Gasteiger partial charge on any atom is -0.490 e. The number of nitrogens with zero attached hydrogens (tertiary/aromatic N) is 7. The molecule has 0 amide bonds. The van der Waals surface area contributed by atoms with Crippen molar-refractivity contribution in [1.29, 1.82) is 0 Å². The van der Waals surface area contributed by atoms with Crippen LogP contribution in [-0.2, 0) is 4.74 Å². The quantitative estimate of drug-likeness (QED) is 0.465. The summed E-state index contributed by atoms with van der Waals surface area (Å²) in [6.45, 7) is 6.43. The largest absolute Gasteiger partial charge is 0.490 e. The molecule has 3 aliphatic heterocycles. The lowest BCUT2D eigenvalue weighted by Gasteiger charge is -2.31. The molecule has 13 heteroatoms. The van der Waals surface area contributed by atoms with Gasteiger partial charge >= 0.3 is 0 Å². The first-order valence-corrected chi connectivity index (χ1v) is 14.1. The number of halogens is 2. The van der Waals surface area contributed by atoms with Gasteiger partial charge in [0, 0.05) is 62.8 Å². The van der Waals surface area contributed by atoms with Gasteiger partial charge in [-0.2, -0.15) is 9.36 Å². The lowest BCUT2D eigenvalue weighted by atomic mass is 9.94. The number of hydrogen-bond donors (Lipinski definition) is 1. The van der Waals surface area contributed by atoms with Gasteiger partial charge in [0.25, 0.3) is 0 Å². The summed E-state index contributed by atoms with van der Waals surface area (Å²) < 4.78 is 44.0. The average Bonchev–Trinajstić information content (AvgIpc) is 3.62. The Labute approximate surface area is 229 Å². The third kappa shape index (κ3) is 5.89. The van der Waals surface area contributed by atoms with Crippen LogP contribution >= 0.6 is 11.5 Å². The molecule has 0 unspecified atom stereocenters. The van der Waals surface area contributed by atoms with Gasteiger partial charge in [-0.25, -0.2) is 18.7 Å². The van der Waals surface area contributed by atoms with E-state index in [1.807, 2.05) is 4.90 Å². The molecule has 2 aromatic heterocycles. The number of benzene rings is 1. The molecule has 5 heterocycles. The molecule has 0 aliphatic carbocycles. The second-order valence-electron chi connectivity index (χ2n) is 10.3. The third-order valence-corrected chi connectivity index (χ3v) is 8.46. The number of ether oxygens (including phenoxy) is 2. The zero-order valence-electron chi connectivity index (χ0n) is 21.6. The highest BCUT2D eigenvalue weighted by molar-refractivity contribution is 7.09. The zero-order chi connectivity index (χ0) is 26.8. The fourth-order valence-electron chi connectivity index (χ4n) is 5.40. The van der Waals surface area contributed by atoms with E-state index in [0.29, 0.717) is 42.9 Å². The van der Waals surface area contributed by atoms with Gasteiger partial charge in [-0.3, -0.25) is 0 Å². The van der Waals surface area contributed by atoms with Gasteiger partial charge in [0.05, 0.1) is 32.2 Å². The molecule has 0 bridgehead atoms. The summed E-state index contributed by atoms with van der Waals surface area (Å²) >= 11 is 1.46. The van der Waals surface area contributed by atoms with Crippen LogP contribution in [0.3, 0.4) is 0 Å². The SMILES string of the molecule is N[C@H]1CN(c2ncc(OCC3CCN(c4nc(N5CCOCC5)ns4)CC3)cn2)C[C@@H]1c1cc(F)ccc1F. The highest BCUT2D eigenvalue weighted by atomic mass is 32.1. The number of nitrogens with two attached hydrogens (primary N) is 1. The number of morpholine rings is 1. The molecular weight excluding hydrogens is 526 g/mol. The van der Waals surface area contributed by atoms with Crippen LogP contribution < -0.4 is 25.2 Å². The summed E-state index contributed by atoms with van der Waals surface area (Å²) in [5.41, 5.74) is 6.56. The van der Waals surface area contributed by atoms with Crippen LogP contribution in [0.15, 0.2) is 30.6 Å². The topological polar surface area (TPSA) is 106 Å². The standard InChI is InChI=1S/C26H32F2N8O2S/c27-18-1-2-22(28)20(11-18)21-14-36(15-23(21)29)24-30-12-19(13-31-24)38-16-17-3-5-35(6-4-17)26-32-25(33-39-26)34-7-9-37-10-8-34/h1-2,11-13,17,21,23H,3-10,14-16,29H2/t21-,23+/m1/s1. The summed E-state index contributed by atoms with van der Waals surface area (Å²) in [5.74, 6) is 1.09. The van der Waals surface area contributed by atoms with E-state index in [4.69, 9.17) is 20.2 Å².